The van der Waals surface area contributed by atoms with Gasteiger partial charge in [0.25, 0.3) is 5.91 Å². The van der Waals surface area contributed by atoms with Crippen molar-refractivity contribution in [1.82, 2.24) is 5.32 Å². The van der Waals surface area contributed by atoms with Gasteiger partial charge in [-0.1, -0.05) is 0 Å². The average Bonchev–Trinajstić information content (AvgIpc) is 2.58. The van der Waals surface area contributed by atoms with Gasteiger partial charge in [0.2, 0.25) is 10.0 Å². The molecule has 7 nitrogen and oxygen atoms in total. The number of amides is 1. The molecular formula is C17H20N2O5S. The first-order valence-corrected chi connectivity index (χ1v) is 9.39. The molecule has 0 heterocycles. The predicted molar refractivity (Wildman–Crippen MR) is 95.7 cm³/mol. The third kappa shape index (κ3) is 6.34. The Balaban J connectivity index is 1.77. The Morgan fingerprint density at radius 2 is 1.60 bits per heavy atom. The fourth-order valence-corrected chi connectivity index (χ4v) is 2.58. The zero-order chi connectivity index (χ0) is 18.3. The van der Waals surface area contributed by atoms with Crippen LogP contribution in [0.1, 0.15) is 10.4 Å². The molecule has 0 aliphatic heterocycles. The molecule has 8 heteroatoms. The Labute approximate surface area is 147 Å². The lowest BCUT2D eigenvalue weighted by atomic mass is 10.2. The van der Waals surface area contributed by atoms with Crippen molar-refractivity contribution in [3.63, 3.8) is 0 Å². The highest BCUT2D eigenvalue weighted by Crippen LogP contribution is 2.16. The van der Waals surface area contributed by atoms with Crippen LogP contribution in [0.15, 0.2) is 48.5 Å². The second-order valence-electron chi connectivity index (χ2n) is 5.23. The van der Waals surface area contributed by atoms with Crippen LogP contribution < -0.4 is 19.5 Å². The lowest BCUT2D eigenvalue weighted by Crippen LogP contribution is -2.28. The summed E-state index contributed by atoms with van der Waals surface area (Å²) < 4.78 is 35.2. The lowest BCUT2D eigenvalue weighted by Gasteiger charge is -2.09. The second kappa shape index (κ2) is 8.39. The number of carbonyl (C=O) groups is 1. The Hall–Kier alpha value is -2.74. The van der Waals surface area contributed by atoms with Crippen LogP contribution in [-0.2, 0) is 10.0 Å². The van der Waals surface area contributed by atoms with Crippen molar-refractivity contribution in [3.8, 4) is 11.5 Å². The second-order valence-corrected chi connectivity index (χ2v) is 6.98. The number of ether oxygens (including phenoxy) is 2. The number of hydrogen-bond acceptors (Lipinski definition) is 5. The summed E-state index contributed by atoms with van der Waals surface area (Å²) in [5.74, 6) is 1.17. The minimum atomic E-state index is -3.33. The monoisotopic (exact) mass is 364 g/mol. The van der Waals surface area contributed by atoms with Crippen LogP contribution in [0, 0.1) is 0 Å². The van der Waals surface area contributed by atoms with E-state index in [1.807, 2.05) is 0 Å². The van der Waals surface area contributed by atoms with E-state index >= 15 is 0 Å². The van der Waals surface area contributed by atoms with Gasteiger partial charge in [-0.25, -0.2) is 8.42 Å². The molecule has 0 spiro atoms. The first kappa shape index (κ1) is 18.6. The van der Waals surface area contributed by atoms with Gasteiger partial charge in [0.15, 0.2) is 0 Å². The molecule has 0 unspecified atom stereocenters. The number of anilines is 1. The van der Waals surface area contributed by atoms with Crippen LogP contribution >= 0.6 is 0 Å². The van der Waals surface area contributed by atoms with Crippen molar-refractivity contribution in [2.45, 2.75) is 0 Å². The van der Waals surface area contributed by atoms with Crippen molar-refractivity contribution in [1.29, 1.82) is 0 Å². The smallest absolute Gasteiger partial charge is 0.251 e. The molecule has 2 N–H and O–H groups in total. The molecule has 0 aliphatic carbocycles. The van der Waals surface area contributed by atoms with E-state index < -0.39 is 10.0 Å². The average molecular weight is 364 g/mol. The van der Waals surface area contributed by atoms with Crippen molar-refractivity contribution >= 4 is 21.6 Å². The summed E-state index contributed by atoms with van der Waals surface area (Å²) in [7, 11) is -1.74. The highest BCUT2D eigenvalue weighted by atomic mass is 32.2. The van der Waals surface area contributed by atoms with Crippen LogP contribution in [0.2, 0.25) is 0 Å². The van der Waals surface area contributed by atoms with E-state index in [1.165, 1.54) is 12.1 Å². The zero-order valence-electron chi connectivity index (χ0n) is 14.0. The maximum Gasteiger partial charge on any atom is 0.251 e. The van der Waals surface area contributed by atoms with Gasteiger partial charge in [0.05, 0.1) is 19.9 Å². The third-order valence-electron chi connectivity index (χ3n) is 3.17. The van der Waals surface area contributed by atoms with E-state index in [0.717, 1.165) is 12.0 Å². The van der Waals surface area contributed by atoms with Gasteiger partial charge in [0.1, 0.15) is 18.1 Å². The number of sulfonamides is 1. The molecule has 0 aromatic heterocycles. The fraction of sp³-hybridized carbons (Fsp3) is 0.235. The molecular weight excluding hydrogens is 344 g/mol. The molecule has 2 aromatic rings. The van der Waals surface area contributed by atoms with Crippen molar-refractivity contribution in [2.24, 2.45) is 0 Å². The SMILES string of the molecule is COc1ccc(OCCNC(=O)c2ccc(NS(C)(=O)=O)cc2)cc1. The topological polar surface area (TPSA) is 93.7 Å². The highest BCUT2D eigenvalue weighted by Gasteiger charge is 2.06. The number of rotatable bonds is 8. The molecule has 2 rings (SSSR count). The van der Waals surface area contributed by atoms with Gasteiger partial charge in [0, 0.05) is 11.3 Å². The minimum absolute atomic E-state index is 0.260. The lowest BCUT2D eigenvalue weighted by molar-refractivity contribution is 0.0947. The van der Waals surface area contributed by atoms with Crippen molar-refractivity contribution in [2.75, 3.05) is 31.2 Å². The summed E-state index contributed by atoms with van der Waals surface area (Å²) in [6, 6.07) is 13.3. The van der Waals surface area contributed by atoms with Gasteiger partial charge in [-0.05, 0) is 48.5 Å². The quantitative estimate of drug-likeness (QED) is 0.698. The van der Waals surface area contributed by atoms with Gasteiger partial charge in [-0.2, -0.15) is 0 Å². The summed E-state index contributed by atoms with van der Waals surface area (Å²) in [4.78, 5) is 12.0. The van der Waals surface area contributed by atoms with Gasteiger partial charge >= 0.3 is 0 Å². The molecule has 0 bridgehead atoms. The molecule has 0 aliphatic rings. The molecule has 134 valence electrons. The number of benzene rings is 2. The molecule has 25 heavy (non-hydrogen) atoms. The number of carbonyl (C=O) groups excluding carboxylic acids is 1. The van der Waals surface area contributed by atoms with Crippen molar-refractivity contribution in [3.05, 3.63) is 54.1 Å². The van der Waals surface area contributed by atoms with E-state index in [0.29, 0.717) is 30.2 Å². The summed E-state index contributed by atoms with van der Waals surface area (Å²) in [5, 5.41) is 2.73. The molecule has 0 fully saturated rings. The van der Waals surface area contributed by atoms with Gasteiger partial charge < -0.3 is 14.8 Å². The van der Waals surface area contributed by atoms with Crippen LogP contribution in [0.4, 0.5) is 5.69 Å². The minimum Gasteiger partial charge on any atom is -0.497 e. The van der Waals surface area contributed by atoms with E-state index in [9.17, 15) is 13.2 Å². The molecule has 0 atom stereocenters. The molecule has 1 amide bonds. The van der Waals surface area contributed by atoms with E-state index in [4.69, 9.17) is 9.47 Å². The van der Waals surface area contributed by atoms with E-state index in [1.54, 1.807) is 43.5 Å². The summed E-state index contributed by atoms with van der Waals surface area (Å²) in [5.41, 5.74) is 0.838. The summed E-state index contributed by atoms with van der Waals surface area (Å²) in [6.07, 6.45) is 1.07. The predicted octanol–water partition coefficient (Wildman–Crippen LogP) is 1.88. The number of methoxy groups -OCH3 is 1. The Morgan fingerprint density at radius 1 is 1.00 bits per heavy atom. The van der Waals surface area contributed by atoms with Crippen LogP contribution in [0.5, 0.6) is 11.5 Å². The Kier molecular flexibility index (Phi) is 6.24. The standard InChI is InChI=1S/C17H20N2O5S/c1-23-15-7-9-16(10-8-15)24-12-11-18-17(20)13-3-5-14(6-4-13)19-25(2,21)22/h3-10,19H,11-12H2,1-2H3,(H,18,20). The molecule has 0 radical (unpaired) electrons. The Bertz CT molecular complexity index is 802. The highest BCUT2D eigenvalue weighted by molar-refractivity contribution is 7.92. The first-order chi connectivity index (χ1) is 11.9. The van der Waals surface area contributed by atoms with E-state index in [2.05, 4.69) is 10.0 Å². The van der Waals surface area contributed by atoms with Crippen LogP contribution in [0.3, 0.4) is 0 Å². The first-order valence-electron chi connectivity index (χ1n) is 7.50. The summed E-state index contributed by atoms with van der Waals surface area (Å²) in [6.45, 7) is 0.667. The van der Waals surface area contributed by atoms with Crippen LogP contribution in [-0.4, -0.2) is 40.8 Å². The number of hydrogen-bond donors (Lipinski definition) is 2. The van der Waals surface area contributed by atoms with Crippen molar-refractivity contribution < 1.29 is 22.7 Å². The fourth-order valence-electron chi connectivity index (χ4n) is 2.01. The Morgan fingerprint density at radius 3 is 2.16 bits per heavy atom. The number of nitrogens with one attached hydrogen (secondary N) is 2. The maximum atomic E-state index is 12.0. The van der Waals surface area contributed by atoms with Crippen LogP contribution in [0.25, 0.3) is 0 Å². The zero-order valence-corrected chi connectivity index (χ0v) is 14.8. The van der Waals surface area contributed by atoms with E-state index in [-0.39, 0.29) is 5.91 Å². The molecule has 0 saturated heterocycles. The molecule has 2 aromatic carbocycles. The maximum absolute atomic E-state index is 12.0. The molecule has 0 saturated carbocycles. The van der Waals surface area contributed by atoms with Gasteiger partial charge in [-0.15, -0.1) is 0 Å². The largest absolute Gasteiger partial charge is 0.497 e. The third-order valence-corrected chi connectivity index (χ3v) is 3.77. The summed E-state index contributed by atoms with van der Waals surface area (Å²) >= 11 is 0. The van der Waals surface area contributed by atoms with Gasteiger partial charge in [-0.3, -0.25) is 9.52 Å². The normalized spacial score (nSPS) is 10.8.